The molecule has 1 unspecified atom stereocenters. The van der Waals surface area contributed by atoms with Crippen LogP contribution < -0.4 is 35.3 Å². The van der Waals surface area contributed by atoms with Crippen molar-refractivity contribution in [3.63, 3.8) is 0 Å². The molecule has 0 aliphatic carbocycles. The summed E-state index contributed by atoms with van der Waals surface area (Å²) in [5.74, 6) is 1.38. The summed E-state index contributed by atoms with van der Waals surface area (Å²) in [5, 5.41) is 36.1. The van der Waals surface area contributed by atoms with E-state index in [2.05, 4.69) is 35.4 Å². The van der Waals surface area contributed by atoms with Crippen molar-refractivity contribution in [3.05, 3.63) is 120 Å². The Morgan fingerprint density at radius 3 is 1.90 bits per heavy atom. The Kier molecular flexibility index (Phi) is 14.2. The summed E-state index contributed by atoms with van der Waals surface area (Å²) < 4.78 is 81.0. The van der Waals surface area contributed by atoms with Gasteiger partial charge in [0.15, 0.2) is 5.95 Å². The number of para-hydroxylation sites is 1. The third-order valence-corrected chi connectivity index (χ3v) is 13.8. The number of anilines is 1. The minimum absolute atomic E-state index is 0.0517. The van der Waals surface area contributed by atoms with Gasteiger partial charge >= 0.3 is 12.2 Å². The van der Waals surface area contributed by atoms with Crippen molar-refractivity contribution >= 4 is 49.2 Å². The van der Waals surface area contributed by atoms with E-state index < -0.39 is 61.2 Å². The Labute approximate surface area is 383 Å². The van der Waals surface area contributed by atoms with Gasteiger partial charge in [-0.05, 0) is 76.0 Å². The number of nitrogen functional groups attached to an aromatic ring is 1. The Balaban J connectivity index is 1.49. The zero-order valence-electron chi connectivity index (χ0n) is 36.1. The molecule has 2 aromatic heterocycles. The first kappa shape index (κ1) is 47.2. The summed E-state index contributed by atoms with van der Waals surface area (Å²) in [6.45, 7) is -1.78. The third kappa shape index (κ3) is 11.0. The van der Waals surface area contributed by atoms with Crippen molar-refractivity contribution < 1.29 is 50.8 Å². The molecule has 0 saturated heterocycles. The van der Waals surface area contributed by atoms with Gasteiger partial charge in [0.25, 0.3) is 0 Å². The smallest absolute Gasteiger partial charge is 0.404 e. The van der Waals surface area contributed by atoms with Crippen molar-refractivity contribution in [1.29, 1.82) is 0 Å². The fourth-order valence-corrected chi connectivity index (χ4v) is 10.6. The molecular formula is C43H45N11O11S2. The van der Waals surface area contributed by atoms with Gasteiger partial charge in [0.1, 0.15) is 27.0 Å². The molecule has 8 N–H and O–H groups in total. The van der Waals surface area contributed by atoms with Gasteiger partial charge in [-0.15, -0.1) is 10.2 Å². The zero-order chi connectivity index (χ0) is 47.9. The first-order valence-electron chi connectivity index (χ1n) is 20.1. The molecule has 0 aliphatic heterocycles. The number of H-pyrrole nitrogens is 1. The highest BCUT2D eigenvalue weighted by Gasteiger charge is 2.38. The van der Waals surface area contributed by atoms with E-state index in [4.69, 9.17) is 19.9 Å². The molecule has 7 rings (SSSR count). The number of carboxylic acid groups (broad SMARTS) is 2. The fourth-order valence-electron chi connectivity index (χ4n) is 7.12. The Bertz CT molecular complexity index is 3060. The molecule has 22 nitrogen and oxygen atoms in total. The SMILES string of the molecule is COc1ccc(CN(Cc2ccc(OC)cc2)S(=O)(=O)c2c(S(=O)(=O)NCC(CNC(=O)O)NC(=O)O)ccc(-c3cccc4[nH]c(N)nc34)c2-c2nnn(Cc3ccc(OC)cc3)n2)cc1. The maximum Gasteiger partial charge on any atom is 0.404 e. The number of ether oxygens (including phenoxy) is 3. The van der Waals surface area contributed by atoms with Gasteiger partial charge in [-0.1, -0.05) is 54.6 Å². The number of methoxy groups -OCH3 is 3. The number of amides is 2. The van der Waals surface area contributed by atoms with Crippen LogP contribution in [0.25, 0.3) is 33.5 Å². The second-order valence-corrected chi connectivity index (χ2v) is 18.4. The van der Waals surface area contributed by atoms with Crippen LogP contribution in [-0.4, -0.2) is 114 Å². The Morgan fingerprint density at radius 2 is 1.34 bits per heavy atom. The number of benzene rings is 5. The second kappa shape index (κ2) is 20.2. The molecule has 24 heteroatoms. The van der Waals surface area contributed by atoms with Crippen LogP contribution in [0.2, 0.25) is 0 Å². The van der Waals surface area contributed by atoms with Crippen molar-refractivity contribution in [1.82, 2.24) is 49.8 Å². The summed E-state index contributed by atoms with van der Waals surface area (Å²) in [6, 6.07) is 26.5. The average molecular weight is 956 g/mol. The van der Waals surface area contributed by atoms with Gasteiger partial charge in [-0.2, -0.15) is 9.10 Å². The minimum Gasteiger partial charge on any atom is -0.497 e. The number of hydrogen-bond acceptors (Lipinski definition) is 14. The summed E-state index contributed by atoms with van der Waals surface area (Å²) in [6.07, 6.45) is -3.07. The van der Waals surface area contributed by atoms with E-state index in [0.29, 0.717) is 45.0 Å². The number of rotatable bonds is 20. The number of hydrogen-bond donors (Lipinski definition) is 7. The van der Waals surface area contributed by atoms with Crippen molar-refractivity contribution in [2.75, 3.05) is 40.2 Å². The van der Waals surface area contributed by atoms with E-state index >= 15 is 8.42 Å². The summed E-state index contributed by atoms with van der Waals surface area (Å²) in [4.78, 5) is 30.1. The summed E-state index contributed by atoms with van der Waals surface area (Å²) >= 11 is 0. The van der Waals surface area contributed by atoms with Crippen LogP contribution in [0.15, 0.2) is 113 Å². The van der Waals surface area contributed by atoms with Crippen LogP contribution in [-0.2, 0) is 39.7 Å². The van der Waals surface area contributed by atoms with Gasteiger partial charge < -0.3 is 45.8 Å². The number of aromatic nitrogens is 6. The molecule has 350 valence electrons. The molecule has 2 heterocycles. The lowest BCUT2D eigenvalue weighted by molar-refractivity contribution is 0.183. The largest absolute Gasteiger partial charge is 0.497 e. The number of aromatic amines is 1. The molecule has 67 heavy (non-hydrogen) atoms. The average Bonchev–Trinajstić information content (AvgIpc) is 3.95. The maximum atomic E-state index is 16.0. The standard InChI is InChI=1S/C43H45N11O11S2/c1-63-30-13-7-26(8-14-30)23-53(24-27-9-15-31(64-2)16-10-27)67(61,62)39-36(66(59,60)46-22-29(47-43(57)58)21-45-42(55)56)20-19-33(34-5-4-6-35-38(34)49-41(44)48-35)37(39)40-50-52-54(51-40)25-28-11-17-32(65-3)18-12-28/h4-20,29,45-47H,21-25H2,1-3H3,(H,55,56)(H,57,58)(H3,44,48,49). The van der Waals surface area contributed by atoms with Crippen LogP contribution in [0.3, 0.4) is 0 Å². The lowest BCUT2D eigenvalue weighted by atomic mass is 9.98. The molecule has 0 fully saturated rings. The fraction of sp³-hybridized carbons (Fsp3) is 0.209. The molecule has 0 aliphatic rings. The van der Waals surface area contributed by atoms with Crippen LogP contribution in [0.1, 0.15) is 16.7 Å². The first-order chi connectivity index (χ1) is 32.1. The van der Waals surface area contributed by atoms with Crippen molar-refractivity contribution in [3.8, 4) is 39.8 Å². The molecule has 1 atom stereocenters. The molecule has 0 saturated carbocycles. The first-order valence-corrected chi connectivity index (χ1v) is 23.1. The number of carbonyl (C=O) groups is 2. The van der Waals surface area contributed by atoms with Crippen molar-refractivity contribution in [2.45, 2.75) is 35.5 Å². The number of nitrogens with zero attached hydrogens (tertiary/aromatic N) is 6. The van der Waals surface area contributed by atoms with E-state index in [1.807, 2.05) is 5.32 Å². The van der Waals surface area contributed by atoms with Gasteiger partial charge in [-0.3, -0.25) is 0 Å². The second-order valence-electron chi connectivity index (χ2n) is 14.8. The molecular weight excluding hydrogens is 911 g/mol. The van der Waals surface area contributed by atoms with E-state index in [0.717, 1.165) is 15.9 Å². The number of fused-ring (bicyclic) bond motifs is 1. The van der Waals surface area contributed by atoms with E-state index in [-0.39, 0.29) is 42.5 Å². The van der Waals surface area contributed by atoms with Crippen LogP contribution in [0.4, 0.5) is 15.5 Å². The third-order valence-electron chi connectivity index (χ3n) is 10.4. The normalized spacial score (nSPS) is 12.2. The number of imidazole rings is 1. The molecule has 2 amide bonds. The number of sulfonamides is 2. The van der Waals surface area contributed by atoms with E-state index in [1.165, 1.54) is 32.2 Å². The predicted octanol–water partition coefficient (Wildman–Crippen LogP) is 4.11. The van der Waals surface area contributed by atoms with Gasteiger partial charge in [0.2, 0.25) is 25.9 Å². The quantitative estimate of drug-likeness (QED) is 0.0565. The lowest BCUT2D eigenvalue weighted by Crippen LogP contribution is -2.49. The summed E-state index contributed by atoms with van der Waals surface area (Å²) in [5.41, 5.74) is 8.81. The zero-order valence-corrected chi connectivity index (χ0v) is 37.7. The Morgan fingerprint density at radius 1 is 0.761 bits per heavy atom. The number of nitrogens with one attached hydrogen (secondary N) is 4. The molecule has 0 radical (unpaired) electrons. The van der Waals surface area contributed by atoms with Crippen LogP contribution in [0, 0.1) is 0 Å². The topological polar surface area (TPSA) is 308 Å². The maximum absolute atomic E-state index is 16.0. The van der Waals surface area contributed by atoms with E-state index in [1.54, 1.807) is 91.0 Å². The molecule has 5 aromatic carbocycles. The lowest BCUT2D eigenvalue weighted by Gasteiger charge is -2.26. The van der Waals surface area contributed by atoms with Crippen LogP contribution in [0.5, 0.6) is 17.2 Å². The number of nitrogens with two attached hydrogens (primary N) is 1. The highest BCUT2D eigenvalue weighted by atomic mass is 32.2. The van der Waals surface area contributed by atoms with Gasteiger partial charge in [0, 0.05) is 31.7 Å². The van der Waals surface area contributed by atoms with E-state index in [9.17, 15) is 28.2 Å². The minimum atomic E-state index is -5.07. The van der Waals surface area contributed by atoms with Crippen LogP contribution >= 0.6 is 0 Å². The number of tetrazole rings is 1. The predicted molar refractivity (Wildman–Crippen MR) is 243 cm³/mol. The van der Waals surface area contributed by atoms with Gasteiger partial charge in [-0.25, -0.2) is 36.1 Å². The highest BCUT2D eigenvalue weighted by molar-refractivity contribution is 7.92. The summed E-state index contributed by atoms with van der Waals surface area (Å²) in [7, 11) is -5.55. The van der Waals surface area contributed by atoms with Crippen molar-refractivity contribution in [2.24, 2.45) is 0 Å². The molecule has 7 aromatic rings. The molecule has 0 spiro atoms. The molecule has 0 bridgehead atoms. The monoisotopic (exact) mass is 955 g/mol. The van der Waals surface area contributed by atoms with Gasteiger partial charge in [0.05, 0.1) is 50.5 Å². The highest BCUT2D eigenvalue weighted by Crippen LogP contribution is 2.43. The Hall–Kier alpha value is -7.80.